The number of aromatic nitrogens is 3. The minimum atomic E-state index is -3.59. The molecule has 1 aromatic carbocycles. The third-order valence-electron chi connectivity index (χ3n) is 5.33. The molecule has 1 saturated heterocycles. The van der Waals surface area contributed by atoms with Crippen LogP contribution < -0.4 is 0 Å². The molecule has 11 heteroatoms. The van der Waals surface area contributed by atoms with Gasteiger partial charge in [-0.15, -0.1) is 11.3 Å². The monoisotopic (exact) mass is 490 g/mol. The lowest BCUT2D eigenvalue weighted by Crippen LogP contribution is -2.38. The van der Waals surface area contributed by atoms with Gasteiger partial charge in [-0.05, 0) is 50.1 Å². The summed E-state index contributed by atoms with van der Waals surface area (Å²) >= 11 is 1.43. The van der Waals surface area contributed by atoms with Gasteiger partial charge in [0.1, 0.15) is 5.82 Å². The molecule has 0 bridgehead atoms. The second-order valence-corrected chi connectivity index (χ2v) is 10.6. The van der Waals surface area contributed by atoms with Crippen molar-refractivity contribution in [3.8, 4) is 21.8 Å². The number of halogens is 1. The molecular weight excluding hydrogens is 467 g/mol. The van der Waals surface area contributed by atoms with Crippen LogP contribution in [0.3, 0.4) is 0 Å². The highest BCUT2D eigenvalue weighted by Gasteiger charge is 2.28. The molecule has 0 aliphatic carbocycles. The Kier molecular flexibility index (Phi) is 6.71. The lowest BCUT2D eigenvalue weighted by molar-refractivity contribution is 0.0970. The van der Waals surface area contributed by atoms with Crippen LogP contribution >= 0.6 is 11.3 Å². The van der Waals surface area contributed by atoms with E-state index in [0.717, 1.165) is 24.1 Å². The van der Waals surface area contributed by atoms with Crippen molar-refractivity contribution in [2.45, 2.75) is 30.8 Å². The lowest BCUT2D eigenvalue weighted by atomic mass is 9.98. The first-order valence-corrected chi connectivity index (χ1v) is 13.2. The van der Waals surface area contributed by atoms with Gasteiger partial charge in [0.25, 0.3) is 0 Å². The number of thiazole rings is 1. The maximum absolute atomic E-state index is 13.5. The second kappa shape index (κ2) is 9.52. The molecule has 2 aromatic heterocycles. The summed E-state index contributed by atoms with van der Waals surface area (Å²) in [4.78, 5) is 27.4. The number of carbonyl (C=O) groups is 1. The summed E-state index contributed by atoms with van der Waals surface area (Å²) in [6, 6.07) is 7.64. The van der Waals surface area contributed by atoms with Gasteiger partial charge in [-0.1, -0.05) is 0 Å². The molecule has 0 N–H and O–H groups in total. The number of amides is 1. The van der Waals surface area contributed by atoms with Crippen molar-refractivity contribution in [1.82, 2.24) is 19.9 Å². The largest absolute Gasteiger partial charge is 0.450 e. The van der Waals surface area contributed by atoms with E-state index in [1.807, 2.05) is 0 Å². The summed E-state index contributed by atoms with van der Waals surface area (Å²) < 4.78 is 42.5. The summed E-state index contributed by atoms with van der Waals surface area (Å²) in [5.74, 6) is -0.228. The molecule has 3 heterocycles. The first kappa shape index (κ1) is 23.2. The maximum atomic E-state index is 13.5. The number of hydrogen-bond acceptors (Lipinski definition) is 8. The quantitative estimate of drug-likeness (QED) is 0.495. The van der Waals surface area contributed by atoms with E-state index in [9.17, 15) is 17.6 Å². The van der Waals surface area contributed by atoms with Crippen molar-refractivity contribution < 1.29 is 22.3 Å². The first-order valence-electron chi connectivity index (χ1n) is 10.5. The van der Waals surface area contributed by atoms with Gasteiger partial charge in [0.15, 0.2) is 0 Å². The summed E-state index contributed by atoms with van der Waals surface area (Å²) in [6.45, 7) is 3.25. The van der Waals surface area contributed by atoms with Crippen LogP contribution in [0, 0.1) is 5.82 Å². The fourth-order valence-corrected chi connectivity index (χ4v) is 5.40. The Balaban J connectivity index is 1.70. The van der Waals surface area contributed by atoms with Gasteiger partial charge in [0, 0.05) is 37.0 Å². The van der Waals surface area contributed by atoms with E-state index in [4.69, 9.17) is 9.72 Å². The second-order valence-electron chi connectivity index (χ2n) is 7.69. The van der Waals surface area contributed by atoms with Crippen molar-refractivity contribution in [1.29, 1.82) is 0 Å². The average Bonchev–Trinajstić information content (AvgIpc) is 3.25. The highest BCUT2D eigenvalue weighted by molar-refractivity contribution is 7.90. The number of piperidine rings is 1. The predicted molar refractivity (Wildman–Crippen MR) is 122 cm³/mol. The fraction of sp³-hybridized carbons (Fsp3) is 0.364. The maximum Gasteiger partial charge on any atom is 0.409 e. The fourth-order valence-electron chi connectivity index (χ4n) is 3.66. The average molecular weight is 491 g/mol. The van der Waals surface area contributed by atoms with E-state index in [1.165, 1.54) is 29.7 Å². The Hall–Kier alpha value is -2.92. The van der Waals surface area contributed by atoms with Crippen LogP contribution in [0.2, 0.25) is 0 Å². The van der Waals surface area contributed by atoms with Gasteiger partial charge in [0.2, 0.25) is 15.0 Å². The van der Waals surface area contributed by atoms with Gasteiger partial charge in [-0.3, -0.25) is 0 Å². The molecule has 1 aliphatic rings. The summed E-state index contributed by atoms with van der Waals surface area (Å²) in [5.41, 5.74) is 1.76. The van der Waals surface area contributed by atoms with Crippen LogP contribution in [0.25, 0.3) is 21.8 Å². The van der Waals surface area contributed by atoms with E-state index in [-0.39, 0.29) is 23.0 Å². The molecule has 8 nitrogen and oxygen atoms in total. The van der Waals surface area contributed by atoms with Gasteiger partial charge < -0.3 is 9.64 Å². The van der Waals surface area contributed by atoms with E-state index >= 15 is 0 Å². The molecule has 1 fully saturated rings. The number of carbonyl (C=O) groups excluding carboxylic acids is 1. The molecular formula is C22H23FN4O4S2. The minimum absolute atomic E-state index is 0.129. The molecule has 1 amide bonds. The highest BCUT2D eigenvalue weighted by Crippen LogP contribution is 2.41. The molecule has 4 rings (SSSR count). The van der Waals surface area contributed by atoms with Crippen LogP contribution in [0.5, 0.6) is 0 Å². The number of likely N-dealkylation sites (tertiary alicyclic amines) is 1. The molecule has 174 valence electrons. The smallest absolute Gasteiger partial charge is 0.409 e. The van der Waals surface area contributed by atoms with Gasteiger partial charge in [-0.25, -0.2) is 32.6 Å². The Bertz CT molecular complexity index is 1250. The molecule has 0 atom stereocenters. The lowest BCUT2D eigenvalue weighted by Gasteiger charge is -2.30. The zero-order valence-corrected chi connectivity index (χ0v) is 19.8. The molecule has 0 saturated carbocycles. The van der Waals surface area contributed by atoms with Crippen LogP contribution in [0.4, 0.5) is 9.18 Å². The van der Waals surface area contributed by atoms with E-state index in [1.54, 1.807) is 30.0 Å². The SMILES string of the molecule is CCOC(=O)N1CCC(c2nc(-c3ccc(F)cc3)c(-c3ccnc(S(C)(=O)=O)n3)s2)CC1. The molecule has 0 unspecified atom stereocenters. The van der Waals surface area contributed by atoms with Crippen molar-refractivity contribution in [3.05, 3.63) is 47.4 Å². The number of rotatable bonds is 5. The topological polar surface area (TPSA) is 102 Å². The van der Waals surface area contributed by atoms with Crippen molar-refractivity contribution in [2.24, 2.45) is 0 Å². The van der Waals surface area contributed by atoms with Crippen molar-refractivity contribution >= 4 is 27.3 Å². The highest BCUT2D eigenvalue weighted by atomic mass is 32.2. The Morgan fingerprint density at radius 3 is 2.52 bits per heavy atom. The molecule has 0 spiro atoms. The van der Waals surface area contributed by atoms with E-state index in [0.29, 0.717) is 41.5 Å². The third kappa shape index (κ3) is 5.19. The number of nitrogens with zero attached hydrogens (tertiary/aromatic N) is 4. The van der Waals surface area contributed by atoms with Crippen LogP contribution in [0.15, 0.2) is 41.7 Å². The number of sulfone groups is 1. The van der Waals surface area contributed by atoms with Gasteiger partial charge in [-0.2, -0.15) is 0 Å². The predicted octanol–water partition coefficient (Wildman–Crippen LogP) is 4.15. The minimum Gasteiger partial charge on any atom is -0.450 e. The zero-order chi connectivity index (χ0) is 23.6. The Labute approximate surface area is 195 Å². The van der Waals surface area contributed by atoms with Gasteiger partial charge in [0.05, 0.1) is 27.9 Å². The number of hydrogen-bond donors (Lipinski definition) is 0. The third-order valence-corrected chi connectivity index (χ3v) is 7.43. The zero-order valence-electron chi connectivity index (χ0n) is 18.2. The summed E-state index contributed by atoms with van der Waals surface area (Å²) in [5, 5.41) is 0.607. The van der Waals surface area contributed by atoms with E-state index < -0.39 is 9.84 Å². The normalized spacial score (nSPS) is 14.9. The molecule has 33 heavy (non-hydrogen) atoms. The van der Waals surface area contributed by atoms with Crippen molar-refractivity contribution in [2.75, 3.05) is 26.0 Å². The Morgan fingerprint density at radius 1 is 1.18 bits per heavy atom. The van der Waals surface area contributed by atoms with E-state index in [2.05, 4.69) is 9.97 Å². The first-order chi connectivity index (χ1) is 15.8. The van der Waals surface area contributed by atoms with Crippen LogP contribution in [-0.2, 0) is 14.6 Å². The number of ether oxygens (including phenoxy) is 1. The van der Waals surface area contributed by atoms with Crippen LogP contribution in [0.1, 0.15) is 30.7 Å². The van der Waals surface area contributed by atoms with Gasteiger partial charge >= 0.3 is 6.09 Å². The van der Waals surface area contributed by atoms with Crippen LogP contribution in [-0.4, -0.2) is 60.3 Å². The standard InChI is InChI=1S/C22H23FN4O4S2/c1-3-31-22(28)27-12-9-15(10-13-27)20-26-18(14-4-6-16(23)7-5-14)19(32-20)17-8-11-24-21(25-17)33(2,29)30/h4-8,11,15H,3,9-10,12-13H2,1-2H3. The molecule has 0 radical (unpaired) electrons. The summed E-state index contributed by atoms with van der Waals surface area (Å²) in [6.07, 6.45) is 3.62. The molecule has 3 aromatic rings. The van der Waals surface area contributed by atoms with Crippen molar-refractivity contribution in [3.63, 3.8) is 0 Å². The molecule has 1 aliphatic heterocycles. The summed E-state index contributed by atoms with van der Waals surface area (Å²) in [7, 11) is -3.59. The number of benzene rings is 1. The Morgan fingerprint density at radius 2 is 1.88 bits per heavy atom.